The Morgan fingerprint density at radius 3 is 2.44 bits per heavy atom. The number of amides is 1. The smallest absolute Gasteiger partial charge is 0.224 e. The first-order valence-corrected chi connectivity index (χ1v) is 8.80. The normalized spacial score (nSPS) is 12.5. The van der Waals surface area contributed by atoms with Gasteiger partial charge in [0.05, 0.1) is 13.5 Å². The highest BCUT2D eigenvalue weighted by atomic mass is 16.5. The molecule has 134 valence electrons. The fraction of sp³-hybridized carbons (Fsp3) is 0.409. The van der Waals surface area contributed by atoms with Crippen molar-refractivity contribution in [3.63, 3.8) is 0 Å². The van der Waals surface area contributed by atoms with Crippen LogP contribution in [0.25, 0.3) is 0 Å². The number of hydrogen-bond donors (Lipinski definition) is 1. The summed E-state index contributed by atoms with van der Waals surface area (Å²) in [6, 6.07) is 16.4. The first-order valence-electron chi connectivity index (χ1n) is 8.80. The van der Waals surface area contributed by atoms with Crippen molar-refractivity contribution in [2.45, 2.75) is 52.0 Å². The maximum Gasteiger partial charge on any atom is 0.224 e. The van der Waals surface area contributed by atoms with Gasteiger partial charge in [0.1, 0.15) is 5.75 Å². The molecular weight excluding hydrogens is 310 g/mol. The molecule has 25 heavy (non-hydrogen) atoms. The number of methoxy groups -OCH3 is 1. The molecule has 1 N–H and O–H groups in total. The summed E-state index contributed by atoms with van der Waals surface area (Å²) >= 11 is 0. The number of rotatable bonds is 7. The Morgan fingerprint density at radius 2 is 1.84 bits per heavy atom. The lowest BCUT2D eigenvalue weighted by molar-refractivity contribution is -0.121. The third-order valence-electron chi connectivity index (χ3n) is 4.60. The molecule has 2 aromatic rings. The van der Waals surface area contributed by atoms with Gasteiger partial charge in [0.25, 0.3) is 0 Å². The highest BCUT2D eigenvalue weighted by Crippen LogP contribution is 2.28. The van der Waals surface area contributed by atoms with Crippen molar-refractivity contribution < 1.29 is 9.53 Å². The van der Waals surface area contributed by atoms with E-state index in [1.54, 1.807) is 7.11 Å². The third kappa shape index (κ3) is 5.35. The van der Waals surface area contributed by atoms with E-state index in [-0.39, 0.29) is 17.4 Å². The minimum atomic E-state index is 0.0185. The van der Waals surface area contributed by atoms with Gasteiger partial charge in [-0.2, -0.15) is 0 Å². The second-order valence-electron chi connectivity index (χ2n) is 7.40. The molecule has 2 aromatic carbocycles. The Balaban J connectivity index is 1.93. The molecule has 0 unspecified atom stereocenters. The summed E-state index contributed by atoms with van der Waals surface area (Å²) in [5.74, 6) is 0.906. The van der Waals surface area contributed by atoms with Gasteiger partial charge in [-0.05, 0) is 48.4 Å². The van der Waals surface area contributed by atoms with E-state index in [1.807, 2.05) is 31.2 Å². The minimum Gasteiger partial charge on any atom is -0.496 e. The Bertz CT molecular complexity index is 707. The first kappa shape index (κ1) is 19.0. The molecule has 0 aliphatic carbocycles. The number of aryl methyl sites for hydroxylation is 1. The van der Waals surface area contributed by atoms with E-state index < -0.39 is 0 Å². The SMILES string of the molecule is COc1ccc(CC(=O)N[C@@H](C)CC(C)(C)c2ccccc2)cc1C. The van der Waals surface area contributed by atoms with Crippen LogP contribution in [0.4, 0.5) is 0 Å². The zero-order valence-corrected chi connectivity index (χ0v) is 15.9. The third-order valence-corrected chi connectivity index (χ3v) is 4.60. The van der Waals surface area contributed by atoms with Gasteiger partial charge < -0.3 is 10.1 Å². The molecule has 1 atom stereocenters. The fourth-order valence-corrected chi connectivity index (χ4v) is 3.39. The standard InChI is InChI=1S/C22H29NO2/c1-16-13-18(11-12-20(16)25-5)14-21(24)23-17(2)15-22(3,4)19-9-7-6-8-10-19/h6-13,17H,14-15H2,1-5H3,(H,23,24)/t17-/m0/s1. The van der Waals surface area contributed by atoms with Gasteiger partial charge in [-0.1, -0.05) is 56.3 Å². The van der Waals surface area contributed by atoms with Crippen molar-refractivity contribution in [1.82, 2.24) is 5.32 Å². The van der Waals surface area contributed by atoms with Crippen LogP contribution < -0.4 is 10.1 Å². The molecule has 0 saturated carbocycles. The minimum absolute atomic E-state index is 0.0185. The Morgan fingerprint density at radius 1 is 1.16 bits per heavy atom. The van der Waals surface area contributed by atoms with E-state index in [4.69, 9.17) is 4.74 Å². The van der Waals surface area contributed by atoms with Crippen LogP contribution in [0.1, 0.15) is 43.9 Å². The molecule has 3 heteroatoms. The number of carbonyl (C=O) groups excluding carboxylic acids is 1. The summed E-state index contributed by atoms with van der Waals surface area (Å²) < 4.78 is 5.27. The van der Waals surface area contributed by atoms with Crippen LogP contribution in [0.2, 0.25) is 0 Å². The molecule has 0 saturated heterocycles. The quantitative estimate of drug-likeness (QED) is 0.811. The van der Waals surface area contributed by atoms with E-state index in [2.05, 4.69) is 50.4 Å². The van der Waals surface area contributed by atoms with Crippen LogP contribution in [0, 0.1) is 6.92 Å². The van der Waals surface area contributed by atoms with Crippen molar-refractivity contribution in [2.24, 2.45) is 0 Å². The second-order valence-corrected chi connectivity index (χ2v) is 7.40. The molecule has 1 amide bonds. The molecule has 0 aliphatic rings. The summed E-state index contributed by atoms with van der Waals surface area (Å²) in [5.41, 5.74) is 3.36. The maximum absolute atomic E-state index is 12.4. The summed E-state index contributed by atoms with van der Waals surface area (Å²) in [5, 5.41) is 3.13. The van der Waals surface area contributed by atoms with Crippen LogP contribution >= 0.6 is 0 Å². The zero-order chi connectivity index (χ0) is 18.4. The van der Waals surface area contributed by atoms with E-state index in [0.717, 1.165) is 23.3 Å². The second kappa shape index (κ2) is 8.19. The summed E-state index contributed by atoms with van der Waals surface area (Å²) in [4.78, 5) is 12.4. The zero-order valence-electron chi connectivity index (χ0n) is 15.9. The highest BCUT2D eigenvalue weighted by molar-refractivity contribution is 5.79. The number of nitrogens with one attached hydrogen (secondary N) is 1. The van der Waals surface area contributed by atoms with Crippen molar-refractivity contribution in [2.75, 3.05) is 7.11 Å². The van der Waals surface area contributed by atoms with E-state index in [1.165, 1.54) is 5.56 Å². The molecule has 0 bridgehead atoms. The van der Waals surface area contributed by atoms with Crippen LogP contribution in [0.3, 0.4) is 0 Å². The van der Waals surface area contributed by atoms with Crippen LogP contribution in [0.15, 0.2) is 48.5 Å². The summed E-state index contributed by atoms with van der Waals surface area (Å²) in [6.07, 6.45) is 1.28. The number of benzene rings is 2. The van der Waals surface area contributed by atoms with Crippen LogP contribution in [-0.4, -0.2) is 19.1 Å². The molecule has 0 heterocycles. The Kier molecular flexibility index (Phi) is 6.24. The van der Waals surface area contributed by atoms with Crippen LogP contribution in [-0.2, 0) is 16.6 Å². The lowest BCUT2D eigenvalue weighted by Crippen LogP contribution is -2.38. The predicted octanol–water partition coefficient (Wildman–Crippen LogP) is 4.42. The number of ether oxygens (including phenoxy) is 1. The summed E-state index contributed by atoms with van der Waals surface area (Å²) in [6.45, 7) is 8.50. The highest BCUT2D eigenvalue weighted by Gasteiger charge is 2.24. The van der Waals surface area contributed by atoms with Gasteiger partial charge >= 0.3 is 0 Å². The molecule has 0 spiro atoms. The molecule has 2 rings (SSSR count). The lowest BCUT2D eigenvalue weighted by Gasteiger charge is -2.29. The summed E-state index contributed by atoms with van der Waals surface area (Å²) in [7, 11) is 1.66. The van der Waals surface area contributed by atoms with Gasteiger partial charge in [0.2, 0.25) is 5.91 Å². The topological polar surface area (TPSA) is 38.3 Å². The van der Waals surface area contributed by atoms with Gasteiger partial charge in [0, 0.05) is 6.04 Å². The first-order chi connectivity index (χ1) is 11.8. The van der Waals surface area contributed by atoms with Crippen molar-refractivity contribution in [3.8, 4) is 5.75 Å². The average molecular weight is 339 g/mol. The number of hydrogen-bond acceptors (Lipinski definition) is 2. The molecule has 0 aliphatic heterocycles. The van der Waals surface area contributed by atoms with Crippen LogP contribution in [0.5, 0.6) is 5.75 Å². The Labute approximate surface area is 151 Å². The van der Waals surface area contributed by atoms with Crippen molar-refractivity contribution in [3.05, 3.63) is 65.2 Å². The largest absolute Gasteiger partial charge is 0.496 e. The van der Waals surface area contributed by atoms with E-state index >= 15 is 0 Å². The lowest BCUT2D eigenvalue weighted by atomic mass is 9.79. The van der Waals surface area contributed by atoms with Gasteiger partial charge in [-0.3, -0.25) is 4.79 Å². The predicted molar refractivity (Wildman–Crippen MR) is 103 cm³/mol. The molecule has 0 radical (unpaired) electrons. The Hall–Kier alpha value is -2.29. The van der Waals surface area contributed by atoms with Gasteiger partial charge in [-0.15, -0.1) is 0 Å². The molecule has 0 aromatic heterocycles. The maximum atomic E-state index is 12.4. The molecular formula is C22H29NO2. The van der Waals surface area contributed by atoms with E-state index in [0.29, 0.717) is 6.42 Å². The van der Waals surface area contributed by atoms with Gasteiger partial charge in [0.15, 0.2) is 0 Å². The van der Waals surface area contributed by atoms with Crippen molar-refractivity contribution >= 4 is 5.91 Å². The van der Waals surface area contributed by atoms with E-state index in [9.17, 15) is 4.79 Å². The number of carbonyl (C=O) groups is 1. The fourth-order valence-electron chi connectivity index (χ4n) is 3.39. The van der Waals surface area contributed by atoms with Gasteiger partial charge in [-0.25, -0.2) is 0 Å². The average Bonchev–Trinajstić information content (AvgIpc) is 2.55. The van der Waals surface area contributed by atoms with Crippen molar-refractivity contribution in [1.29, 1.82) is 0 Å². The monoisotopic (exact) mass is 339 g/mol. The molecule has 0 fully saturated rings. The molecule has 3 nitrogen and oxygen atoms in total.